The molecule has 3 nitrogen and oxygen atoms in total. The zero-order valence-electron chi connectivity index (χ0n) is 6.05. The van der Waals surface area contributed by atoms with Gasteiger partial charge in [-0.05, 0) is 18.9 Å². The van der Waals surface area contributed by atoms with Crippen molar-refractivity contribution in [2.75, 3.05) is 0 Å². The Labute approximate surface area is 59.4 Å². The third-order valence-corrected chi connectivity index (χ3v) is 1.26. The molecule has 56 valence electrons. The van der Waals surface area contributed by atoms with Crippen molar-refractivity contribution in [3.63, 3.8) is 0 Å². The summed E-state index contributed by atoms with van der Waals surface area (Å²) in [4.78, 5) is 20.4. The second-order valence-corrected chi connectivity index (χ2v) is 1.94. The van der Waals surface area contributed by atoms with Crippen molar-refractivity contribution in [2.45, 2.75) is 20.3 Å². The van der Waals surface area contributed by atoms with Crippen molar-refractivity contribution >= 4 is 12.3 Å². The van der Waals surface area contributed by atoms with E-state index in [2.05, 4.69) is 0 Å². The highest BCUT2D eigenvalue weighted by Crippen LogP contribution is 2.05. The third kappa shape index (κ3) is 2.01. The molecule has 0 amide bonds. The molecule has 0 unspecified atom stereocenters. The topological polar surface area (TPSA) is 54.4 Å². The maximum absolute atomic E-state index is 10.3. The Kier molecular flexibility index (Phi) is 3.39. The Balaban J connectivity index is 4.62. The molecule has 0 saturated carbocycles. The van der Waals surface area contributed by atoms with Gasteiger partial charge in [-0.15, -0.1) is 0 Å². The molecule has 0 fully saturated rings. The lowest BCUT2D eigenvalue weighted by Gasteiger charge is -1.97. The number of carboxylic acids is 1. The van der Waals surface area contributed by atoms with Gasteiger partial charge in [-0.1, -0.05) is 6.92 Å². The van der Waals surface area contributed by atoms with E-state index in [1.807, 2.05) is 0 Å². The molecule has 0 radical (unpaired) electrons. The van der Waals surface area contributed by atoms with Crippen LogP contribution in [0.15, 0.2) is 11.1 Å². The fraction of sp³-hybridized carbons (Fsp3) is 0.429. The normalized spacial score (nSPS) is 12.2. The van der Waals surface area contributed by atoms with Crippen LogP contribution in [-0.4, -0.2) is 17.4 Å². The zero-order valence-corrected chi connectivity index (χ0v) is 6.05. The fourth-order valence-electron chi connectivity index (χ4n) is 0.670. The minimum atomic E-state index is -1.01. The molecule has 0 aromatic carbocycles. The van der Waals surface area contributed by atoms with Crippen LogP contribution in [-0.2, 0) is 9.59 Å². The molecule has 0 bridgehead atoms. The molecular weight excluding hydrogens is 132 g/mol. The summed E-state index contributed by atoms with van der Waals surface area (Å²) in [6.45, 7) is 3.20. The first-order valence-corrected chi connectivity index (χ1v) is 3.01. The SMILES string of the molecule is CC/C(C(=O)O)=C(\C)C=O. The van der Waals surface area contributed by atoms with E-state index in [0.29, 0.717) is 18.3 Å². The molecule has 0 aliphatic carbocycles. The lowest BCUT2D eigenvalue weighted by atomic mass is 10.1. The second-order valence-electron chi connectivity index (χ2n) is 1.94. The maximum Gasteiger partial charge on any atom is 0.331 e. The number of hydrogen-bond donors (Lipinski definition) is 1. The molecule has 0 atom stereocenters. The summed E-state index contributed by atoms with van der Waals surface area (Å²) in [7, 11) is 0. The molecule has 10 heavy (non-hydrogen) atoms. The fourth-order valence-corrected chi connectivity index (χ4v) is 0.670. The van der Waals surface area contributed by atoms with E-state index in [1.54, 1.807) is 6.92 Å². The number of aliphatic carboxylic acids is 1. The Hall–Kier alpha value is -1.12. The highest BCUT2D eigenvalue weighted by molar-refractivity contribution is 5.93. The number of hydrogen-bond acceptors (Lipinski definition) is 2. The monoisotopic (exact) mass is 142 g/mol. The van der Waals surface area contributed by atoms with Gasteiger partial charge < -0.3 is 5.11 Å². The van der Waals surface area contributed by atoms with Crippen LogP contribution < -0.4 is 0 Å². The largest absolute Gasteiger partial charge is 0.478 e. The highest BCUT2D eigenvalue weighted by Gasteiger charge is 2.06. The Morgan fingerprint density at radius 3 is 2.20 bits per heavy atom. The van der Waals surface area contributed by atoms with E-state index in [0.717, 1.165) is 0 Å². The Morgan fingerprint density at radius 1 is 1.60 bits per heavy atom. The first kappa shape index (κ1) is 8.88. The van der Waals surface area contributed by atoms with Crippen LogP contribution in [0.25, 0.3) is 0 Å². The summed E-state index contributed by atoms with van der Waals surface area (Å²) in [6, 6.07) is 0. The van der Waals surface area contributed by atoms with Gasteiger partial charge in [-0.3, -0.25) is 4.79 Å². The summed E-state index contributed by atoms with van der Waals surface area (Å²) in [5.41, 5.74) is 0.491. The number of allylic oxidation sites excluding steroid dienone is 1. The molecule has 0 aromatic heterocycles. The van der Waals surface area contributed by atoms with E-state index in [4.69, 9.17) is 5.11 Å². The van der Waals surface area contributed by atoms with Crippen molar-refractivity contribution in [3.05, 3.63) is 11.1 Å². The molecule has 1 N–H and O–H groups in total. The summed E-state index contributed by atoms with van der Waals surface area (Å²) >= 11 is 0. The van der Waals surface area contributed by atoms with Crippen molar-refractivity contribution < 1.29 is 14.7 Å². The lowest BCUT2D eigenvalue weighted by Crippen LogP contribution is -2.02. The van der Waals surface area contributed by atoms with Gasteiger partial charge in [0.15, 0.2) is 0 Å². The van der Waals surface area contributed by atoms with E-state index in [9.17, 15) is 9.59 Å². The van der Waals surface area contributed by atoms with Crippen LogP contribution in [0.2, 0.25) is 0 Å². The number of carboxylic acid groups (broad SMARTS) is 1. The van der Waals surface area contributed by atoms with Crippen molar-refractivity contribution in [3.8, 4) is 0 Å². The molecule has 0 saturated heterocycles. The van der Waals surface area contributed by atoms with E-state index in [-0.39, 0.29) is 5.57 Å². The molecule has 0 aliphatic heterocycles. The van der Waals surface area contributed by atoms with Gasteiger partial charge in [0.25, 0.3) is 0 Å². The van der Waals surface area contributed by atoms with Gasteiger partial charge in [-0.25, -0.2) is 4.79 Å². The zero-order chi connectivity index (χ0) is 8.15. The maximum atomic E-state index is 10.3. The molecule has 0 spiro atoms. The van der Waals surface area contributed by atoms with Crippen molar-refractivity contribution in [1.29, 1.82) is 0 Å². The summed E-state index contributed by atoms with van der Waals surface area (Å²) in [6.07, 6.45) is 0.951. The van der Waals surface area contributed by atoms with Gasteiger partial charge in [0, 0.05) is 5.57 Å². The predicted molar refractivity (Wildman–Crippen MR) is 36.7 cm³/mol. The summed E-state index contributed by atoms with van der Waals surface area (Å²) in [5.74, 6) is -1.01. The first-order chi connectivity index (χ1) is 4.63. The van der Waals surface area contributed by atoms with Gasteiger partial charge in [0.2, 0.25) is 0 Å². The molecule has 0 heterocycles. The van der Waals surface area contributed by atoms with Crippen LogP contribution >= 0.6 is 0 Å². The van der Waals surface area contributed by atoms with E-state index in [1.165, 1.54) is 6.92 Å². The Bertz CT molecular complexity index is 179. The second kappa shape index (κ2) is 3.82. The van der Waals surface area contributed by atoms with E-state index >= 15 is 0 Å². The lowest BCUT2D eigenvalue weighted by molar-refractivity contribution is -0.133. The van der Waals surface area contributed by atoms with Gasteiger partial charge in [0.05, 0.1) is 0 Å². The van der Waals surface area contributed by atoms with Crippen LogP contribution in [0.1, 0.15) is 20.3 Å². The number of carbonyl (C=O) groups excluding carboxylic acids is 1. The van der Waals surface area contributed by atoms with Gasteiger partial charge in [-0.2, -0.15) is 0 Å². The molecule has 0 aliphatic rings. The highest BCUT2D eigenvalue weighted by atomic mass is 16.4. The first-order valence-electron chi connectivity index (χ1n) is 3.01. The molecule has 3 heteroatoms. The average Bonchev–Trinajstić information content (AvgIpc) is 1.88. The van der Waals surface area contributed by atoms with Crippen LogP contribution in [0.4, 0.5) is 0 Å². The smallest absolute Gasteiger partial charge is 0.331 e. The van der Waals surface area contributed by atoms with Crippen molar-refractivity contribution in [1.82, 2.24) is 0 Å². The number of carbonyl (C=O) groups is 2. The van der Waals surface area contributed by atoms with Crippen LogP contribution in [0, 0.1) is 0 Å². The van der Waals surface area contributed by atoms with Crippen LogP contribution in [0.3, 0.4) is 0 Å². The molecule has 0 aromatic rings. The third-order valence-electron chi connectivity index (χ3n) is 1.26. The number of aldehydes is 1. The van der Waals surface area contributed by atoms with Gasteiger partial charge >= 0.3 is 5.97 Å². The minimum absolute atomic E-state index is 0.190. The quantitative estimate of drug-likeness (QED) is 0.472. The van der Waals surface area contributed by atoms with E-state index < -0.39 is 5.97 Å². The van der Waals surface area contributed by atoms with Gasteiger partial charge in [0.1, 0.15) is 6.29 Å². The Morgan fingerprint density at radius 2 is 2.10 bits per heavy atom. The summed E-state index contributed by atoms with van der Waals surface area (Å²) < 4.78 is 0. The van der Waals surface area contributed by atoms with Crippen LogP contribution in [0.5, 0.6) is 0 Å². The standard InChI is InChI=1S/C7H10O3/c1-3-6(7(9)10)5(2)4-8/h4H,3H2,1-2H3,(H,9,10)/b6-5-. The molecule has 0 rings (SSSR count). The van der Waals surface area contributed by atoms with Crippen molar-refractivity contribution in [2.24, 2.45) is 0 Å². The minimum Gasteiger partial charge on any atom is -0.478 e. The number of rotatable bonds is 3. The average molecular weight is 142 g/mol. The molecular formula is C7H10O3. The predicted octanol–water partition coefficient (Wildman–Crippen LogP) is 0.996. The summed E-state index contributed by atoms with van der Waals surface area (Å²) in [5, 5.41) is 8.46.